The van der Waals surface area contributed by atoms with Crippen molar-refractivity contribution in [3.8, 4) is 17.2 Å². The van der Waals surface area contributed by atoms with Gasteiger partial charge in [0.05, 0.1) is 0 Å². The van der Waals surface area contributed by atoms with Crippen LogP contribution in [0.25, 0.3) is 0 Å². The van der Waals surface area contributed by atoms with Crippen LogP contribution in [0.5, 0.6) is 17.2 Å². The standard InChI is InChI=1S/C16H19NO3S/c1-3-12-4-5-13(21-12)9-18-14-7-16-15(19-10-20-16)6-11(14)8-17-2/h4-7,17H,3,8-10H2,1-2H3. The molecule has 2 heterocycles. The van der Waals surface area contributed by atoms with Crippen molar-refractivity contribution >= 4 is 11.3 Å². The van der Waals surface area contributed by atoms with Gasteiger partial charge >= 0.3 is 0 Å². The van der Waals surface area contributed by atoms with Gasteiger partial charge in [0.2, 0.25) is 6.79 Å². The van der Waals surface area contributed by atoms with E-state index in [1.54, 1.807) is 11.3 Å². The smallest absolute Gasteiger partial charge is 0.231 e. The van der Waals surface area contributed by atoms with E-state index in [0.29, 0.717) is 6.61 Å². The highest BCUT2D eigenvalue weighted by molar-refractivity contribution is 7.11. The van der Waals surface area contributed by atoms with Crippen molar-refractivity contribution in [2.45, 2.75) is 26.5 Å². The molecule has 2 aromatic rings. The fourth-order valence-corrected chi connectivity index (χ4v) is 3.14. The predicted molar refractivity (Wildman–Crippen MR) is 83.4 cm³/mol. The third-order valence-electron chi connectivity index (χ3n) is 3.36. The van der Waals surface area contributed by atoms with E-state index in [1.807, 2.05) is 19.2 Å². The molecule has 0 aliphatic carbocycles. The molecule has 0 spiro atoms. The Kier molecular flexibility index (Phi) is 4.31. The molecule has 0 unspecified atom stereocenters. The molecule has 112 valence electrons. The number of benzene rings is 1. The molecule has 1 aromatic heterocycles. The van der Waals surface area contributed by atoms with Crippen LogP contribution in [0.3, 0.4) is 0 Å². The number of rotatable bonds is 6. The largest absolute Gasteiger partial charge is 0.488 e. The van der Waals surface area contributed by atoms with Gasteiger partial charge in [-0.25, -0.2) is 0 Å². The Morgan fingerprint density at radius 3 is 2.67 bits per heavy atom. The molecule has 21 heavy (non-hydrogen) atoms. The minimum atomic E-state index is 0.280. The summed E-state index contributed by atoms with van der Waals surface area (Å²) in [6, 6.07) is 8.20. The van der Waals surface area contributed by atoms with E-state index >= 15 is 0 Å². The van der Waals surface area contributed by atoms with Crippen LogP contribution in [0.4, 0.5) is 0 Å². The molecule has 3 rings (SSSR count). The Hall–Kier alpha value is -1.72. The summed E-state index contributed by atoms with van der Waals surface area (Å²) in [5.41, 5.74) is 1.08. The van der Waals surface area contributed by atoms with E-state index in [9.17, 15) is 0 Å². The third kappa shape index (κ3) is 3.14. The molecule has 0 atom stereocenters. The lowest BCUT2D eigenvalue weighted by Gasteiger charge is -2.12. The number of fused-ring (bicyclic) bond motifs is 1. The lowest BCUT2D eigenvalue weighted by Crippen LogP contribution is -2.07. The zero-order valence-electron chi connectivity index (χ0n) is 12.3. The molecule has 1 N–H and O–H groups in total. The lowest BCUT2D eigenvalue weighted by atomic mass is 10.1. The second kappa shape index (κ2) is 6.37. The van der Waals surface area contributed by atoms with Crippen molar-refractivity contribution in [2.75, 3.05) is 13.8 Å². The number of ether oxygens (including phenoxy) is 3. The van der Waals surface area contributed by atoms with Crippen molar-refractivity contribution in [2.24, 2.45) is 0 Å². The van der Waals surface area contributed by atoms with Crippen molar-refractivity contribution in [1.82, 2.24) is 5.32 Å². The Morgan fingerprint density at radius 2 is 1.95 bits per heavy atom. The number of thiophene rings is 1. The van der Waals surface area contributed by atoms with Crippen molar-refractivity contribution < 1.29 is 14.2 Å². The summed E-state index contributed by atoms with van der Waals surface area (Å²) in [6.07, 6.45) is 1.07. The van der Waals surface area contributed by atoms with Crippen LogP contribution >= 0.6 is 11.3 Å². The van der Waals surface area contributed by atoms with Crippen LogP contribution in [0.1, 0.15) is 22.2 Å². The lowest BCUT2D eigenvalue weighted by molar-refractivity contribution is 0.173. The first-order valence-corrected chi connectivity index (χ1v) is 7.89. The molecular formula is C16H19NO3S. The van der Waals surface area contributed by atoms with Gasteiger partial charge in [-0.2, -0.15) is 0 Å². The predicted octanol–water partition coefficient (Wildman–Crippen LogP) is 3.34. The summed E-state index contributed by atoms with van der Waals surface area (Å²) in [4.78, 5) is 2.62. The quantitative estimate of drug-likeness (QED) is 0.888. The molecule has 1 aliphatic rings. The van der Waals surface area contributed by atoms with E-state index in [4.69, 9.17) is 14.2 Å². The van der Waals surface area contributed by atoms with E-state index in [1.165, 1.54) is 9.75 Å². The van der Waals surface area contributed by atoms with Gasteiger partial charge in [-0.15, -0.1) is 11.3 Å². The van der Waals surface area contributed by atoms with Gasteiger partial charge in [-0.1, -0.05) is 6.92 Å². The molecule has 0 amide bonds. The highest BCUT2D eigenvalue weighted by atomic mass is 32.1. The molecule has 0 radical (unpaired) electrons. The number of hydrogen-bond acceptors (Lipinski definition) is 5. The van der Waals surface area contributed by atoms with E-state index in [2.05, 4.69) is 24.4 Å². The van der Waals surface area contributed by atoms with Crippen LogP contribution in [0.15, 0.2) is 24.3 Å². The van der Waals surface area contributed by atoms with Gasteiger partial charge < -0.3 is 19.5 Å². The van der Waals surface area contributed by atoms with Gasteiger partial charge in [0.25, 0.3) is 0 Å². The van der Waals surface area contributed by atoms with Gasteiger partial charge in [-0.3, -0.25) is 0 Å². The molecular weight excluding hydrogens is 286 g/mol. The SMILES string of the molecule is CCc1ccc(COc2cc3c(cc2CNC)OCO3)s1. The average Bonchev–Trinajstić information content (AvgIpc) is 3.13. The van der Waals surface area contributed by atoms with Crippen LogP contribution in [0.2, 0.25) is 0 Å². The Bertz CT molecular complexity index is 624. The Morgan fingerprint density at radius 1 is 1.19 bits per heavy atom. The first-order chi connectivity index (χ1) is 10.3. The summed E-state index contributed by atoms with van der Waals surface area (Å²) in [5.74, 6) is 2.39. The summed E-state index contributed by atoms with van der Waals surface area (Å²) in [5, 5.41) is 3.15. The molecule has 0 fully saturated rings. The van der Waals surface area contributed by atoms with Crippen molar-refractivity contribution in [1.29, 1.82) is 0 Å². The maximum Gasteiger partial charge on any atom is 0.231 e. The highest BCUT2D eigenvalue weighted by Crippen LogP contribution is 2.38. The first-order valence-electron chi connectivity index (χ1n) is 7.07. The van der Waals surface area contributed by atoms with Crippen LogP contribution in [0, 0.1) is 0 Å². The minimum Gasteiger partial charge on any atom is -0.488 e. The maximum atomic E-state index is 5.99. The fraction of sp³-hybridized carbons (Fsp3) is 0.375. The van der Waals surface area contributed by atoms with Crippen LogP contribution < -0.4 is 19.5 Å². The van der Waals surface area contributed by atoms with Gasteiger partial charge in [0.1, 0.15) is 12.4 Å². The normalized spacial score (nSPS) is 12.7. The fourth-order valence-electron chi connectivity index (χ4n) is 2.27. The van der Waals surface area contributed by atoms with Crippen molar-refractivity contribution in [3.05, 3.63) is 39.6 Å². The van der Waals surface area contributed by atoms with E-state index in [-0.39, 0.29) is 6.79 Å². The molecule has 5 heteroatoms. The zero-order valence-corrected chi connectivity index (χ0v) is 13.1. The van der Waals surface area contributed by atoms with Crippen molar-refractivity contribution in [3.63, 3.8) is 0 Å². The highest BCUT2D eigenvalue weighted by Gasteiger charge is 2.18. The molecule has 4 nitrogen and oxygen atoms in total. The maximum absolute atomic E-state index is 5.99. The Balaban J connectivity index is 1.77. The summed E-state index contributed by atoms with van der Waals surface area (Å²) >= 11 is 1.80. The topological polar surface area (TPSA) is 39.7 Å². The Labute approximate surface area is 128 Å². The molecule has 1 aliphatic heterocycles. The number of aryl methyl sites for hydroxylation is 1. The second-order valence-electron chi connectivity index (χ2n) is 4.85. The van der Waals surface area contributed by atoms with Gasteiger partial charge in [0.15, 0.2) is 11.5 Å². The van der Waals surface area contributed by atoms with Crippen LogP contribution in [-0.2, 0) is 19.6 Å². The number of hydrogen-bond donors (Lipinski definition) is 1. The molecule has 0 saturated carbocycles. The average molecular weight is 305 g/mol. The second-order valence-corrected chi connectivity index (χ2v) is 6.11. The molecule has 0 bridgehead atoms. The molecule has 1 aromatic carbocycles. The van der Waals surface area contributed by atoms with E-state index in [0.717, 1.165) is 35.8 Å². The third-order valence-corrected chi connectivity index (χ3v) is 4.56. The monoisotopic (exact) mass is 305 g/mol. The molecule has 0 saturated heterocycles. The summed E-state index contributed by atoms with van der Waals surface area (Å²) in [6.45, 7) is 3.76. The minimum absolute atomic E-state index is 0.280. The first kappa shape index (κ1) is 14.2. The number of nitrogens with one attached hydrogen (secondary N) is 1. The summed E-state index contributed by atoms with van der Waals surface area (Å²) < 4.78 is 16.8. The summed E-state index contributed by atoms with van der Waals surface area (Å²) in [7, 11) is 1.92. The zero-order chi connectivity index (χ0) is 14.7. The van der Waals surface area contributed by atoms with Gasteiger partial charge in [-0.05, 0) is 31.7 Å². The van der Waals surface area contributed by atoms with E-state index < -0.39 is 0 Å². The van der Waals surface area contributed by atoms with Crippen LogP contribution in [-0.4, -0.2) is 13.8 Å². The van der Waals surface area contributed by atoms with Gasteiger partial charge in [0, 0.05) is 27.9 Å².